The molecule has 0 aromatic carbocycles. The van der Waals surface area contributed by atoms with E-state index in [0.29, 0.717) is 12.0 Å². The van der Waals surface area contributed by atoms with Gasteiger partial charge in [0, 0.05) is 24.5 Å². The van der Waals surface area contributed by atoms with Crippen molar-refractivity contribution in [1.29, 1.82) is 0 Å². The van der Waals surface area contributed by atoms with Gasteiger partial charge in [0.15, 0.2) is 5.13 Å². The Bertz CT molecular complexity index is 423. The van der Waals surface area contributed by atoms with Crippen LogP contribution in [0.5, 0.6) is 0 Å². The minimum atomic E-state index is 0.503. The highest BCUT2D eigenvalue weighted by Gasteiger charge is 2.32. The average molecular weight is 295 g/mol. The SMILES string of the molecule is CCCNCc1sc(N(C)C(C)C2CC2)nc1C(C)C. The van der Waals surface area contributed by atoms with E-state index in [4.69, 9.17) is 4.98 Å². The van der Waals surface area contributed by atoms with E-state index >= 15 is 0 Å². The van der Waals surface area contributed by atoms with Gasteiger partial charge in [-0.15, -0.1) is 11.3 Å². The van der Waals surface area contributed by atoms with E-state index in [0.717, 1.165) is 19.0 Å². The first kappa shape index (κ1) is 15.8. The van der Waals surface area contributed by atoms with Gasteiger partial charge in [0.05, 0.1) is 5.69 Å². The number of rotatable bonds is 8. The van der Waals surface area contributed by atoms with Crippen molar-refractivity contribution < 1.29 is 0 Å². The molecule has 20 heavy (non-hydrogen) atoms. The fraction of sp³-hybridized carbons (Fsp3) is 0.812. The van der Waals surface area contributed by atoms with Crippen LogP contribution in [0.25, 0.3) is 0 Å². The van der Waals surface area contributed by atoms with Crippen molar-refractivity contribution in [3.63, 3.8) is 0 Å². The van der Waals surface area contributed by atoms with E-state index in [1.165, 1.54) is 35.0 Å². The van der Waals surface area contributed by atoms with E-state index in [1.807, 2.05) is 11.3 Å². The van der Waals surface area contributed by atoms with Crippen LogP contribution in [-0.4, -0.2) is 24.6 Å². The molecule has 0 radical (unpaired) electrons. The lowest BCUT2D eigenvalue weighted by atomic mass is 10.1. The molecule has 1 heterocycles. The van der Waals surface area contributed by atoms with Crippen LogP contribution < -0.4 is 10.2 Å². The normalized spacial score (nSPS) is 16.7. The summed E-state index contributed by atoms with van der Waals surface area (Å²) in [7, 11) is 2.20. The molecule has 1 atom stereocenters. The zero-order valence-corrected chi connectivity index (χ0v) is 14.4. The molecule has 1 saturated carbocycles. The molecule has 3 nitrogen and oxygen atoms in total. The Kier molecular flexibility index (Phi) is 5.44. The molecular weight excluding hydrogens is 266 g/mol. The topological polar surface area (TPSA) is 28.2 Å². The van der Waals surface area contributed by atoms with Gasteiger partial charge in [-0.05, 0) is 44.6 Å². The Balaban J connectivity index is 2.10. The van der Waals surface area contributed by atoms with Crippen molar-refractivity contribution in [3.8, 4) is 0 Å². The van der Waals surface area contributed by atoms with Crippen molar-refractivity contribution in [2.75, 3.05) is 18.5 Å². The summed E-state index contributed by atoms with van der Waals surface area (Å²) >= 11 is 1.87. The molecule has 1 aliphatic rings. The Morgan fingerprint density at radius 1 is 1.35 bits per heavy atom. The van der Waals surface area contributed by atoms with Gasteiger partial charge in [0.2, 0.25) is 0 Å². The minimum absolute atomic E-state index is 0.503. The molecule has 4 heteroatoms. The van der Waals surface area contributed by atoms with Crippen LogP contribution in [0.2, 0.25) is 0 Å². The van der Waals surface area contributed by atoms with Crippen molar-refractivity contribution in [1.82, 2.24) is 10.3 Å². The maximum Gasteiger partial charge on any atom is 0.185 e. The fourth-order valence-electron chi connectivity index (χ4n) is 2.53. The number of hydrogen-bond acceptors (Lipinski definition) is 4. The summed E-state index contributed by atoms with van der Waals surface area (Å²) in [5.74, 6) is 1.39. The summed E-state index contributed by atoms with van der Waals surface area (Å²) < 4.78 is 0. The molecule has 0 aliphatic heterocycles. The minimum Gasteiger partial charge on any atom is -0.348 e. The first-order valence-corrected chi connectivity index (χ1v) is 8.79. The second-order valence-electron chi connectivity index (χ2n) is 6.33. The molecule has 0 amide bonds. The summed E-state index contributed by atoms with van der Waals surface area (Å²) in [5.41, 5.74) is 1.28. The Labute approximate surface area is 127 Å². The standard InChI is InChI=1S/C16H29N3S/c1-6-9-17-10-14-15(11(2)3)18-16(20-14)19(5)12(4)13-7-8-13/h11-13,17H,6-10H2,1-5H3. The first-order chi connectivity index (χ1) is 9.54. The lowest BCUT2D eigenvalue weighted by Crippen LogP contribution is -2.30. The van der Waals surface area contributed by atoms with E-state index in [9.17, 15) is 0 Å². The second-order valence-corrected chi connectivity index (χ2v) is 7.39. The van der Waals surface area contributed by atoms with Crippen LogP contribution >= 0.6 is 11.3 Å². The average Bonchev–Trinajstić information content (AvgIpc) is 3.17. The number of nitrogens with one attached hydrogen (secondary N) is 1. The maximum atomic E-state index is 4.92. The molecule has 0 spiro atoms. The molecular formula is C16H29N3S. The predicted molar refractivity (Wildman–Crippen MR) is 88.8 cm³/mol. The van der Waals surface area contributed by atoms with Gasteiger partial charge in [-0.3, -0.25) is 0 Å². The Hall–Kier alpha value is -0.610. The van der Waals surface area contributed by atoms with E-state index < -0.39 is 0 Å². The summed E-state index contributed by atoms with van der Waals surface area (Å²) in [5, 5.41) is 4.71. The van der Waals surface area contributed by atoms with Crippen molar-refractivity contribution in [2.45, 2.75) is 65.5 Å². The van der Waals surface area contributed by atoms with Gasteiger partial charge < -0.3 is 10.2 Å². The highest BCUT2D eigenvalue weighted by molar-refractivity contribution is 7.15. The summed E-state index contributed by atoms with van der Waals surface area (Å²) in [6, 6.07) is 0.623. The van der Waals surface area contributed by atoms with Crippen LogP contribution in [0.3, 0.4) is 0 Å². The lowest BCUT2D eigenvalue weighted by molar-refractivity contribution is 0.606. The molecule has 1 aromatic heterocycles. The van der Waals surface area contributed by atoms with E-state index in [1.54, 1.807) is 0 Å². The molecule has 2 rings (SSSR count). The monoisotopic (exact) mass is 295 g/mol. The Morgan fingerprint density at radius 2 is 2.05 bits per heavy atom. The van der Waals surface area contributed by atoms with Crippen LogP contribution in [0.4, 0.5) is 5.13 Å². The van der Waals surface area contributed by atoms with Gasteiger partial charge in [-0.1, -0.05) is 20.8 Å². The zero-order valence-electron chi connectivity index (χ0n) is 13.6. The van der Waals surface area contributed by atoms with Crippen molar-refractivity contribution >= 4 is 16.5 Å². The maximum absolute atomic E-state index is 4.92. The van der Waals surface area contributed by atoms with Gasteiger partial charge in [0.25, 0.3) is 0 Å². The number of nitrogens with zero attached hydrogens (tertiary/aromatic N) is 2. The number of thiazole rings is 1. The van der Waals surface area contributed by atoms with Crippen LogP contribution in [0.15, 0.2) is 0 Å². The summed E-state index contributed by atoms with van der Waals surface area (Å²) in [6.07, 6.45) is 3.96. The zero-order chi connectivity index (χ0) is 14.7. The van der Waals surface area contributed by atoms with Crippen molar-refractivity contribution in [2.24, 2.45) is 5.92 Å². The highest BCUT2D eigenvalue weighted by Crippen LogP contribution is 2.38. The van der Waals surface area contributed by atoms with Gasteiger partial charge in [-0.25, -0.2) is 4.98 Å². The second kappa shape index (κ2) is 6.90. The molecule has 0 saturated heterocycles. The molecule has 0 bridgehead atoms. The van der Waals surface area contributed by atoms with E-state index in [-0.39, 0.29) is 0 Å². The Morgan fingerprint density at radius 3 is 2.60 bits per heavy atom. The molecule has 1 aromatic rings. The third-order valence-corrected chi connectivity index (χ3v) is 5.35. The predicted octanol–water partition coefficient (Wildman–Crippen LogP) is 4.00. The van der Waals surface area contributed by atoms with Crippen LogP contribution in [0, 0.1) is 5.92 Å². The third-order valence-electron chi connectivity index (χ3n) is 4.19. The van der Waals surface area contributed by atoms with Gasteiger partial charge in [0.1, 0.15) is 0 Å². The molecule has 114 valence electrons. The smallest absolute Gasteiger partial charge is 0.185 e. The molecule has 1 unspecified atom stereocenters. The highest BCUT2D eigenvalue weighted by atomic mass is 32.1. The molecule has 1 aliphatic carbocycles. The summed E-state index contributed by atoms with van der Waals surface area (Å²) in [4.78, 5) is 8.73. The number of aromatic nitrogens is 1. The summed E-state index contributed by atoms with van der Waals surface area (Å²) in [6.45, 7) is 11.1. The largest absolute Gasteiger partial charge is 0.348 e. The van der Waals surface area contributed by atoms with Gasteiger partial charge in [-0.2, -0.15) is 0 Å². The number of hydrogen-bond donors (Lipinski definition) is 1. The van der Waals surface area contributed by atoms with Crippen LogP contribution in [0.1, 0.15) is 63.4 Å². The fourth-order valence-corrected chi connectivity index (χ4v) is 3.76. The van der Waals surface area contributed by atoms with Crippen molar-refractivity contribution in [3.05, 3.63) is 10.6 Å². The van der Waals surface area contributed by atoms with Crippen LogP contribution in [-0.2, 0) is 6.54 Å². The van der Waals surface area contributed by atoms with Gasteiger partial charge >= 0.3 is 0 Å². The number of anilines is 1. The quantitative estimate of drug-likeness (QED) is 0.735. The molecule has 1 fully saturated rings. The molecule has 1 N–H and O–H groups in total. The lowest BCUT2D eigenvalue weighted by Gasteiger charge is -2.24. The third kappa shape index (κ3) is 3.73. The van der Waals surface area contributed by atoms with E-state index in [2.05, 4.69) is 45.0 Å². The first-order valence-electron chi connectivity index (χ1n) is 7.97.